The predicted molar refractivity (Wildman–Crippen MR) is 62.6 cm³/mol. The quantitative estimate of drug-likeness (QED) is 0.559. The molecule has 0 N–H and O–H groups in total. The Morgan fingerprint density at radius 2 is 1.94 bits per heavy atom. The van der Waals surface area contributed by atoms with Crippen molar-refractivity contribution in [2.75, 3.05) is 19.7 Å². The number of rotatable bonds is 4. The Morgan fingerprint density at radius 1 is 1.29 bits per heavy atom. The van der Waals surface area contributed by atoms with E-state index in [1.807, 2.05) is 0 Å². The molecular formula is C12H21NO4. The second-order valence-electron chi connectivity index (χ2n) is 4.26. The highest BCUT2D eigenvalue weighted by molar-refractivity contribution is 5.68. The molecule has 0 atom stereocenters. The molecule has 0 bridgehead atoms. The van der Waals surface area contributed by atoms with Gasteiger partial charge in [0.1, 0.15) is 6.10 Å². The number of nitrogens with zero attached hydrogens (tertiary/aromatic N) is 1. The third kappa shape index (κ3) is 5.06. The van der Waals surface area contributed by atoms with Crippen LogP contribution in [0.25, 0.3) is 0 Å². The van der Waals surface area contributed by atoms with Gasteiger partial charge in [0.05, 0.1) is 6.61 Å². The lowest BCUT2D eigenvalue weighted by atomic mass is 10.1. The summed E-state index contributed by atoms with van der Waals surface area (Å²) in [6.07, 6.45) is 3.01. The second kappa shape index (κ2) is 7.14. The van der Waals surface area contributed by atoms with E-state index in [0.717, 1.165) is 12.8 Å². The van der Waals surface area contributed by atoms with Crippen LogP contribution in [0, 0.1) is 0 Å². The summed E-state index contributed by atoms with van der Waals surface area (Å²) in [7, 11) is 0. The molecule has 0 saturated carbocycles. The summed E-state index contributed by atoms with van der Waals surface area (Å²) in [4.78, 5) is 24.0. The molecule has 0 aromatic carbocycles. The fraction of sp³-hybridized carbons (Fsp3) is 0.833. The third-order valence-electron chi connectivity index (χ3n) is 2.76. The molecule has 0 aromatic heterocycles. The summed E-state index contributed by atoms with van der Waals surface area (Å²) >= 11 is 0. The fourth-order valence-corrected chi connectivity index (χ4v) is 1.79. The van der Waals surface area contributed by atoms with E-state index in [1.54, 1.807) is 4.90 Å². The van der Waals surface area contributed by atoms with Crippen molar-refractivity contribution in [2.24, 2.45) is 0 Å². The molecular weight excluding hydrogens is 222 g/mol. The van der Waals surface area contributed by atoms with Crippen molar-refractivity contribution < 1.29 is 19.1 Å². The van der Waals surface area contributed by atoms with Crippen LogP contribution in [0.2, 0.25) is 0 Å². The molecule has 1 fully saturated rings. The van der Waals surface area contributed by atoms with Crippen LogP contribution < -0.4 is 0 Å². The van der Waals surface area contributed by atoms with Crippen LogP contribution in [0.5, 0.6) is 0 Å². The Bertz CT molecular complexity index is 259. The first-order valence-corrected chi connectivity index (χ1v) is 6.22. The molecule has 1 amide bonds. The number of unbranched alkanes of at least 4 members (excludes halogenated alkanes) is 1. The Morgan fingerprint density at radius 3 is 2.47 bits per heavy atom. The van der Waals surface area contributed by atoms with Crippen LogP contribution in [-0.2, 0) is 14.3 Å². The number of piperidine rings is 1. The molecule has 1 aliphatic heterocycles. The number of carbonyl (C=O) groups is 2. The van der Waals surface area contributed by atoms with Crippen LogP contribution >= 0.6 is 0 Å². The number of carbonyl (C=O) groups excluding carboxylic acids is 2. The molecule has 5 heteroatoms. The minimum atomic E-state index is -0.256. The molecule has 17 heavy (non-hydrogen) atoms. The average molecular weight is 243 g/mol. The molecule has 98 valence electrons. The van der Waals surface area contributed by atoms with Crippen molar-refractivity contribution in [3.63, 3.8) is 0 Å². The average Bonchev–Trinajstić information content (AvgIpc) is 2.29. The van der Waals surface area contributed by atoms with Crippen LogP contribution in [0.1, 0.15) is 39.5 Å². The third-order valence-corrected chi connectivity index (χ3v) is 2.76. The van der Waals surface area contributed by atoms with Gasteiger partial charge in [0.2, 0.25) is 0 Å². The summed E-state index contributed by atoms with van der Waals surface area (Å²) in [5.41, 5.74) is 0. The Labute approximate surface area is 102 Å². The molecule has 0 radical (unpaired) electrons. The zero-order chi connectivity index (χ0) is 12.7. The molecule has 0 unspecified atom stereocenters. The largest absolute Gasteiger partial charge is 0.462 e. The summed E-state index contributed by atoms with van der Waals surface area (Å²) in [6.45, 7) is 5.15. The summed E-state index contributed by atoms with van der Waals surface area (Å²) in [5, 5.41) is 0. The van der Waals surface area contributed by atoms with Crippen molar-refractivity contribution in [2.45, 2.75) is 45.6 Å². The molecule has 5 nitrogen and oxygen atoms in total. The highest BCUT2D eigenvalue weighted by atomic mass is 16.6. The van der Waals surface area contributed by atoms with Crippen LogP contribution in [0.3, 0.4) is 0 Å². The van der Waals surface area contributed by atoms with E-state index in [2.05, 4.69) is 6.92 Å². The van der Waals surface area contributed by atoms with E-state index in [9.17, 15) is 9.59 Å². The van der Waals surface area contributed by atoms with Gasteiger partial charge in [-0.05, 0) is 6.42 Å². The monoisotopic (exact) mass is 243 g/mol. The van der Waals surface area contributed by atoms with Crippen LogP contribution in [-0.4, -0.2) is 42.8 Å². The van der Waals surface area contributed by atoms with E-state index >= 15 is 0 Å². The van der Waals surface area contributed by atoms with Gasteiger partial charge in [-0.2, -0.15) is 0 Å². The van der Waals surface area contributed by atoms with Crippen LogP contribution in [0.15, 0.2) is 0 Å². The van der Waals surface area contributed by atoms with E-state index in [1.165, 1.54) is 6.92 Å². The molecule has 0 spiro atoms. The number of hydrogen-bond acceptors (Lipinski definition) is 4. The molecule has 1 rings (SSSR count). The number of ether oxygens (including phenoxy) is 2. The van der Waals surface area contributed by atoms with E-state index in [-0.39, 0.29) is 18.2 Å². The first kappa shape index (κ1) is 13.8. The van der Waals surface area contributed by atoms with Gasteiger partial charge >= 0.3 is 12.1 Å². The van der Waals surface area contributed by atoms with Gasteiger partial charge in [0, 0.05) is 32.9 Å². The van der Waals surface area contributed by atoms with Gasteiger partial charge in [0.15, 0.2) is 0 Å². The lowest BCUT2D eigenvalue weighted by molar-refractivity contribution is -0.148. The first-order valence-electron chi connectivity index (χ1n) is 6.22. The lowest BCUT2D eigenvalue weighted by Gasteiger charge is -2.30. The second-order valence-corrected chi connectivity index (χ2v) is 4.26. The van der Waals surface area contributed by atoms with Crippen molar-refractivity contribution in [3.05, 3.63) is 0 Å². The zero-order valence-electron chi connectivity index (χ0n) is 10.6. The zero-order valence-corrected chi connectivity index (χ0v) is 10.6. The van der Waals surface area contributed by atoms with E-state index in [4.69, 9.17) is 9.47 Å². The standard InChI is InChI=1S/C12H21NO4/c1-3-4-9-16-12(15)13-7-5-11(6-8-13)17-10(2)14/h11H,3-9H2,1-2H3. The summed E-state index contributed by atoms with van der Waals surface area (Å²) < 4.78 is 10.2. The maximum absolute atomic E-state index is 11.6. The maximum Gasteiger partial charge on any atom is 0.409 e. The first-order chi connectivity index (χ1) is 8.13. The van der Waals surface area contributed by atoms with Gasteiger partial charge < -0.3 is 14.4 Å². The molecule has 1 heterocycles. The van der Waals surface area contributed by atoms with Gasteiger partial charge in [-0.3, -0.25) is 4.79 Å². The maximum atomic E-state index is 11.6. The predicted octanol–water partition coefficient (Wildman–Crippen LogP) is 1.95. The Balaban J connectivity index is 2.21. The summed E-state index contributed by atoms with van der Waals surface area (Å²) in [6, 6.07) is 0. The smallest absolute Gasteiger partial charge is 0.409 e. The van der Waals surface area contributed by atoms with Crippen molar-refractivity contribution >= 4 is 12.1 Å². The Kier molecular flexibility index (Phi) is 5.80. The van der Waals surface area contributed by atoms with Crippen LogP contribution in [0.4, 0.5) is 4.79 Å². The molecule has 1 aliphatic rings. The van der Waals surface area contributed by atoms with Crippen molar-refractivity contribution in [1.29, 1.82) is 0 Å². The lowest BCUT2D eigenvalue weighted by Crippen LogP contribution is -2.41. The topological polar surface area (TPSA) is 55.8 Å². The van der Waals surface area contributed by atoms with E-state index in [0.29, 0.717) is 32.5 Å². The normalized spacial score (nSPS) is 16.7. The SMILES string of the molecule is CCCCOC(=O)N1CCC(OC(C)=O)CC1. The highest BCUT2D eigenvalue weighted by Gasteiger charge is 2.25. The highest BCUT2D eigenvalue weighted by Crippen LogP contribution is 2.14. The molecule has 0 aliphatic carbocycles. The number of hydrogen-bond donors (Lipinski definition) is 0. The van der Waals surface area contributed by atoms with Crippen molar-refractivity contribution in [1.82, 2.24) is 4.90 Å². The van der Waals surface area contributed by atoms with E-state index < -0.39 is 0 Å². The van der Waals surface area contributed by atoms with Gasteiger partial charge in [-0.25, -0.2) is 4.79 Å². The number of esters is 1. The minimum Gasteiger partial charge on any atom is -0.462 e. The molecule has 1 saturated heterocycles. The number of amides is 1. The fourth-order valence-electron chi connectivity index (χ4n) is 1.79. The minimum absolute atomic E-state index is 0.0489. The molecule has 0 aromatic rings. The van der Waals surface area contributed by atoms with Gasteiger partial charge in [-0.1, -0.05) is 13.3 Å². The summed E-state index contributed by atoms with van der Waals surface area (Å²) in [5.74, 6) is -0.256. The number of likely N-dealkylation sites (tertiary alicyclic amines) is 1. The Hall–Kier alpha value is -1.26. The van der Waals surface area contributed by atoms with Gasteiger partial charge in [-0.15, -0.1) is 0 Å². The van der Waals surface area contributed by atoms with Gasteiger partial charge in [0.25, 0.3) is 0 Å². The van der Waals surface area contributed by atoms with Crippen molar-refractivity contribution in [3.8, 4) is 0 Å².